The summed E-state index contributed by atoms with van der Waals surface area (Å²) in [6, 6.07) is 14.8. The van der Waals surface area contributed by atoms with E-state index in [1.165, 1.54) is 6.07 Å². The number of hydrogen-bond donors (Lipinski definition) is 0. The Morgan fingerprint density at radius 2 is 1.79 bits per heavy atom. The summed E-state index contributed by atoms with van der Waals surface area (Å²) in [5, 5.41) is 0. The average Bonchev–Trinajstić information content (AvgIpc) is 2.42. The van der Waals surface area contributed by atoms with Gasteiger partial charge in [-0.25, -0.2) is 4.39 Å². The highest BCUT2D eigenvalue weighted by Gasteiger charge is 2.11. The second kappa shape index (κ2) is 6.71. The quantitative estimate of drug-likeness (QED) is 0.711. The van der Waals surface area contributed by atoms with Crippen molar-refractivity contribution in [2.75, 3.05) is 6.61 Å². The lowest BCUT2D eigenvalue weighted by Crippen LogP contribution is -1.98. The van der Waals surface area contributed by atoms with E-state index in [1.54, 1.807) is 6.07 Å². The van der Waals surface area contributed by atoms with Gasteiger partial charge in [-0.15, -0.1) is 0 Å². The Balaban J connectivity index is 2.07. The van der Waals surface area contributed by atoms with E-state index in [9.17, 15) is 4.39 Å². The Kier molecular flexibility index (Phi) is 4.97. The first kappa shape index (κ1) is 14.1. The Bertz CT molecular complexity index is 525. The summed E-state index contributed by atoms with van der Waals surface area (Å²) < 4.78 is 19.0. The first-order valence-electron chi connectivity index (χ1n) is 6.31. The second-order valence-electron chi connectivity index (χ2n) is 4.27. The van der Waals surface area contributed by atoms with Crippen molar-refractivity contribution in [3.8, 4) is 5.75 Å². The molecule has 0 aliphatic rings. The molecule has 0 heterocycles. The van der Waals surface area contributed by atoms with Gasteiger partial charge < -0.3 is 4.74 Å². The van der Waals surface area contributed by atoms with E-state index >= 15 is 0 Å². The van der Waals surface area contributed by atoms with Crippen LogP contribution in [0.25, 0.3) is 0 Å². The monoisotopic (exact) mass is 322 g/mol. The van der Waals surface area contributed by atoms with E-state index in [2.05, 4.69) is 15.9 Å². The molecule has 0 saturated carbocycles. The number of ether oxygens (including phenoxy) is 1. The molecule has 0 fully saturated rings. The minimum atomic E-state index is -0.155. The number of rotatable bonds is 5. The standard InChI is InChI=1S/C16H16BrFO/c1-2-19-14-9-7-12(8-10-14)15(17)11-13-5-3-4-6-16(13)18/h3-10,15H,2,11H2,1H3. The molecule has 2 rings (SSSR count). The van der Waals surface area contributed by atoms with Gasteiger partial charge in [0.2, 0.25) is 0 Å². The molecule has 0 aliphatic carbocycles. The third kappa shape index (κ3) is 3.80. The Morgan fingerprint density at radius 1 is 1.11 bits per heavy atom. The van der Waals surface area contributed by atoms with Crippen molar-refractivity contribution in [3.63, 3.8) is 0 Å². The molecule has 1 unspecified atom stereocenters. The summed E-state index contributed by atoms with van der Waals surface area (Å²) in [6.07, 6.45) is 0.626. The van der Waals surface area contributed by atoms with E-state index in [0.29, 0.717) is 13.0 Å². The van der Waals surface area contributed by atoms with Crippen molar-refractivity contribution in [3.05, 3.63) is 65.5 Å². The molecule has 0 saturated heterocycles. The molecular weight excluding hydrogens is 307 g/mol. The first-order valence-corrected chi connectivity index (χ1v) is 7.22. The van der Waals surface area contributed by atoms with Gasteiger partial charge in [-0.05, 0) is 42.7 Å². The molecule has 1 atom stereocenters. The molecule has 0 spiro atoms. The maximum atomic E-state index is 13.6. The highest BCUT2D eigenvalue weighted by Crippen LogP contribution is 2.29. The lowest BCUT2D eigenvalue weighted by Gasteiger charge is -2.12. The summed E-state index contributed by atoms with van der Waals surface area (Å²) >= 11 is 3.61. The lowest BCUT2D eigenvalue weighted by molar-refractivity contribution is 0.340. The second-order valence-corrected chi connectivity index (χ2v) is 5.37. The van der Waals surface area contributed by atoms with Crippen molar-refractivity contribution in [1.82, 2.24) is 0 Å². The van der Waals surface area contributed by atoms with Gasteiger partial charge in [-0.2, -0.15) is 0 Å². The van der Waals surface area contributed by atoms with E-state index in [4.69, 9.17) is 4.74 Å². The predicted octanol–water partition coefficient (Wildman–Crippen LogP) is 4.90. The minimum Gasteiger partial charge on any atom is -0.494 e. The van der Waals surface area contributed by atoms with Crippen LogP contribution in [0, 0.1) is 5.82 Å². The zero-order valence-corrected chi connectivity index (χ0v) is 12.4. The zero-order valence-electron chi connectivity index (χ0n) is 10.8. The number of hydrogen-bond acceptors (Lipinski definition) is 1. The molecule has 1 nitrogen and oxygen atoms in total. The van der Waals surface area contributed by atoms with Crippen molar-refractivity contribution in [2.24, 2.45) is 0 Å². The van der Waals surface area contributed by atoms with E-state index in [0.717, 1.165) is 16.9 Å². The first-order chi connectivity index (χ1) is 9.20. The Labute approximate surface area is 121 Å². The smallest absolute Gasteiger partial charge is 0.126 e. The molecule has 0 radical (unpaired) electrons. The molecule has 0 aliphatic heterocycles. The summed E-state index contributed by atoms with van der Waals surface area (Å²) in [7, 11) is 0. The van der Waals surface area contributed by atoms with E-state index < -0.39 is 0 Å². The molecule has 0 amide bonds. The van der Waals surface area contributed by atoms with Gasteiger partial charge in [0.1, 0.15) is 11.6 Å². The normalized spacial score (nSPS) is 12.2. The maximum Gasteiger partial charge on any atom is 0.126 e. The van der Waals surface area contributed by atoms with Gasteiger partial charge in [0, 0.05) is 4.83 Å². The molecule has 0 aromatic heterocycles. The SMILES string of the molecule is CCOc1ccc(C(Br)Cc2ccccc2F)cc1. The van der Waals surface area contributed by atoms with E-state index in [-0.39, 0.29) is 10.6 Å². The molecule has 3 heteroatoms. The van der Waals surface area contributed by atoms with Crippen LogP contribution in [0.3, 0.4) is 0 Å². The Morgan fingerprint density at radius 3 is 2.42 bits per heavy atom. The average molecular weight is 323 g/mol. The van der Waals surface area contributed by atoms with Crippen LogP contribution in [-0.4, -0.2) is 6.61 Å². The zero-order chi connectivity index (χ0) is 13.7. The van der Waals surface area contributed by atoms with Gasteiger partial charge in [0.25, 0.3) is 0 Å². The fourth-order valence-electron chi connectivity index (χ4n) is 1.91. The topological polar surface area (TPSA) is 9.23 Å². The predicted molar refractivity (Wildman–Crippen MR) is 79.4 cm³/mol. The highest BCUT2D eigenvalue weighted by molar-refractivity contribution is 9.09. The van der Waals surface area contributed by atoms with Crippen LogP contribution < -0.4 is 4.74 Å². The van der Waals surface area contributed by atoms with Crippen LogP contribution >= 0.6 is 15.9 Å². The van der Waals surface area contributed by atoms with Crippen LogP contribution in [0.4, 0.5) is 4.39 Å². The van der Waals surface area contributed by atoms with Crippen LogP contribution in [0.1, 0.15) is 22.9 Å². The number of halogens is 2. The molecule has 2 aromatic carbocycles. The van der Waals surface area contributed by atoms with Crippen molar-refractivity contribution in [1.29, 1.82) is 0 Å². The fraction of sp³-hybridized carbons (Fsp3) is 0.250. The van der Waals surface area contributed by atoms with Crippen LogP contribution in [0.5, 0.6) is 5.75 Å². The molecule has 100 valence electrons. The molecular formula is C16H16BrFO. The summed E-state index contributed by atoms with van der Waals surface area (Å²) in [5.41, 5.74) is 1.84. The van der Waals surface area contributed by atoms with Gasteiger partial charge in [-0.1, -0.05) is 46.3 Å². The van der Waals surface area contributed by atoms with Gasteiger partial charge >= 0.3 is 0 Å². The summed E-state index contributed by atoms with van der Waals surface area (Å²) in [4.78, 5) is 0.0973. The van der Waals surface area contributed by atoms with Gasteiger partial charge in [-0.3, -0.25) is 0 Å². The maximum absolute atomic E-state index is 13.6. The van der Waals surface area contributed by atoms with E-state index in [1.807, 2.05) is 43.3 Å². The highest BCUT2D eigenvalue weighted by atomic mass is 79.9. The van der Waals surface area contributed by atoms with Gasteiger partial charge in [0.15, 0.2) is 0 Å². The van der Waals surface area contributed by atoms with Crippen LogP contribution in [-0.2, 0) is 6.42 Å². The van der Waals surface area contributed by atoms with Crippen LogP contribution in [0.2, 0.25) is 0 Å². The number of alkyl halides is 1. The van der Waals surface area contributed by atoms with Crippen molar-refractivity contribution in [2.45, 2.75) is 18.2 Å². The minimum absolute atomic E-state index is 0.0973. The Hall–Kier alpha value is -1.35. The van der Waals surface area contributed by atoms with Crippen LogP contribution in [0.15, 0.2) is 48.5 Å². The van der Waals surface area contributed by atoms with Gasteiger partial charge in [0.05, 0.1) is 6.61 Å². The lowest BCUT2D eigenvalue weighted by atomic mass is 10.0. The fourth-order valence-corrected chi connectivity index (χ4v) is 2.57. The third-order valence-corrected chi connectivity index (χ3v) is 3.76. The molecule has 0 bridgehead atoms. The van der Waals surface area contributed by atoms with Crippen molar-refractivity contribution >= 4 is 15.9 Å². The molecule has 0 N–H and O–H groups in total. The molecule has 2 aromatic rings. The molecule has 19 heavy (non-hydrogen) atoms. The van der Waals surface area contributed by atoms with Crippen molar-refractivity contribution < 1.29 is 9.13 Å². The summed E-state index contributed by atoms with van der Waals surface area (Å²) in [6.45, 7) is 2.62. The largest absolute Gasteiger partial charge is 0.494 e. The number of benzene rings is 2. The third-order valence-electron chi connectivity index (χ3n) is 2.91. The summed E-state index contributed by atoms with van der Waals surface area (Å²) in [5.74, 6) is 0.703.